The normalized spacial score (nSPS) is 17.6. The van der Waals surface area contributed by atoms with E-state index in [-0.39, 0.29) is 37.3 Å². The van der Waals surface area contributed by atoms with E-state index in [0.717, 1.165) is 25.9 Å². The van der Waals surface area contributed by atoms with Gasteiger partial charge in [-0.3, -0.25) is 9.78 Å². The lowest BCUT2D eigenvalue weighted by Gasteiger charge is -2.32. The summed E-state index contributed by atoms with van der Waals surface area (Å²) < 4.78 is 5.42. The van der Waals surface area contributed by atoms with Crippen LogP contribution in [0.1, 0.15) is 12.8 Å². The third-order valence-electron chi connectivity index (χ3n) is 3.18. The number of rotatable bonds is 4. The van der Waals surface area contributed by atoms with Crippen molar-refractivity contribution in [1.29, 1.82) is 0 Å². The minimum Gasteiger partial charge on any atom is -0.482 e. The molecule has 1 aliphatic heterocycles. The average Bonchev–Trinajstić information content (AvgIpc) is 2.46. The third-order valence-corrected chi connectivity index (χ3v) is 3.18. The highest BCUT2D eigenvalue weighted by Crippen LogP contribution is 2.11. The molecule has 0 aromatic carbocycles. The van der Waals surface area contributed by atoms with Crippen molar-refractivity contribution in [2.75, 3.05) is 26.7 Å². The van der Waals surface area contributed by atoms with Gasteiger partial charge < -0.3 is 15.0 Å². The Hall–Kier alpha value is -1.04. The molecule has 0 spiro atoms. The molecular formula is C13H21Cl2N3O2. The van der Waals surface area contributed by atoms with Crippen molar-refractivity contribution >= 4 is 30.7 Å². The van der Waals surface area contributed by atoms with Gasteiger partial charge in [-0.1, -0.05) is 0 Å². The van der Waals surface area contributed by atoms with E-state index in [2.05, 4.69) is 10.3 Å². The monoisotopic (exact) mass is 321 g/mol. The number of likely N-dealkylation sites (N-methyl/N-ethyl adjacent to an activating group) is 1. The molecule has 1 amide bonds. The van der Waals surface area contributed by atoms with Crippen molar-refractivity contribution in [3.8, 4) is 5.75 Å². The number of nitrogens with one attached hydrogen (secondary N) is 1. The second kappa shape index (κ2) is 9.80. The number of amides is 1. The smallest absolute Gasteiger partial charge is 0.260 e. The van der Waals surface area contributed by atoms with Crippen LogP contribution < -0.4 is 10.1 Å². The van der Waals surface area contributed by atoms with E-state index in [9.17, 15) is 4.79 Å². The Bertz CT molecular complexity index is 392. The van der Waals surface area contributed by atoms with Gasteiger partial charge >= 0.3 is 0 Å². The van der Waals surface area contributed by atoms with E-state index in [4.69, 9.17) is 4.74 Å². The average molecular weight is 322 g/mol. The first kappa shape index (κ1) is 19.0. The zero-order valence-electron chi connectivity index (χ0n) is 11.4. The molecule has 1 unspecified atom stereocenters. The molecule has 5 nitrogen and oxygen atoms in total. The van der Waals surface area contributed by atoms with Crippen LogP contribution in [0.5, 0.6) is 5.75 Å². The Kier molecular flexibility index (Phi) is 9.29. The highest BCUT2D eigenvalue weighted by Gasteiger charge is 2.22. The molecule has 1 aliphatic rings. The number of carbonyl (C=O) groups excluding carboxylic acids is 1. The van der Waals surface area contributed by atoms with Gasteiger partial charge in [-0.2, -0.15) is 0 Å². The topological polar surface area (TPSA) is 54.5 Å². The number of carbonyl (C=O) groups is 1. The van der Waals surface area contributed by atoms with Crippen LogP contribution in [0.25, 0.3) is 0 Å². The minimum atomic E-state index is 0. The van der Waals surface area contributed by atoms with Gasteiger partial charge in [0.1, 0.15) is 5.75 Å². The molecule has 0 bridgehead atoms. The fourth-order valence-electron chi connectivity index (χ4n) is 2.11. The molecule has 2 heterocycles. The maximum Gasteiger partial charge on any atom is 0.260 e. The molecule has 1 aromatic rings. The highest BCUT2D eigenvalue weighted by molar-refractivity contribution is 5.85. The molecule has 114 valence electrons. The Morgan fingerprint density at radius 2 is 2.35 bits per heavy atom. The van der Waals surface area contributed by atoms with Crippen LogP contribution in [0.4, 0.5) is 0 Å². The largest absolute Gasteiger partial charge is 0.482 e. The summed E-state index contributed by atoms with van der Waals surface area (Å²) in [5, 5.41) is 3.22. The quantitative estimate of drug-likeness (QED) is 0.913. The summed E-state index contributed by atoms with van der Waals surface area (Å²) in [7, 11) is 1.94. The molecule has 1 saturated heterocycles. The van der Waals surface area contributed by atoms with Crippen LogP contribution in [0.15, 0.2) is 24.5 Å². The minimum absolute atomic E-state index is 0. The van der Waals surface area contributed by atoms with Crippen LogP contribution in [-0.4, -0.2) is 48.6 Å². The highest BCUT2D eigenvalue weighted by atomic mass is 35.5. The first-order valence-corrected chi connectivity index (χ1v) is 6.27. The van der Waals surface area contributed by atoms with Gasteiger partial charge in [0, 0.05) is 25.3 Å². The zero-order chi connectivity index (χ0) is 12.8. The van der Waals surface area contributed by atoms with Gasteiger partial charge in [-0.05, 0) is 32.0 Å². The second-order valence-electron chi connectivity index (χ2n) is 4.44. The Labute approximate surface area is 131 Å². The van der Waals surface area contributed by atoms with E-state index < -0.39 is 0 Å². The summed E-state index contributed by atoms with van der Waals surface area (Å²) in [5.41, 5.74) is 0. The number of hydrogen-bond acceptors (Lipinski definition) is 4. The number of ether oxygens (including phenoxy) is 1. The summed E-state index contributed by atoms with van der Waals surface area (Å²) in [6, 6.07) is 3.99. The predicted octanol–water partition coefficient (Wildman–Crippen LogP) is 1.51. The first-order valence-electron chi connectivity index (χ1n) is 6.27. The van der Waals surface area contributed by atoms with Gasteiger partial charge in [0.15, 0.2) is 6.61 Å². The Morgan fingerprint density at radius 3 is 3.00 bits per heavy atom. The van der Waals surface area contributed by atoms with Gasteiger partial charge in [0.05, 0.1) is 6.20 Å². The van der Waals surface area contributed by atoms with Crippen LogP contribution in [-0.2, 0) is 4.79 Å². The van der Waals surface area contributed by atoms with Crippen molar-refractivity contribution in [3.05, 3.63) is 24.5 Å². The van der Waals surface area contributed by atoms with E-state index in [1.807, 2.05) is 11.9 Å². The maximum absolute atomic E-state index is 12.0. The van der Waals surface area contributed by atoms with Crippen molar-refractivity contribution < 1.29 is 9.53 Å². The molecular weight excluding hydrogens is 301 g/mol. The standard InChI is InChI=1S/C13H19N3O2.2ClH/c1-14-11-4-3-7-16(9-11)13(17)10-18-12-5-2-6-15-8-12;;/h2,5-6,8,11,14H,3-4,7,9-10H2,1H3;2*1H. The van der Waals surface area contributed by atoms with Crippen LogP contribution in [0.2, 0.25) is 0 Å². The van der Waals surface area contributed by atoms with Gasteiger partial charge in [-0.15, -0.1) is 24.8 Å². The lowest BCUT2D eigenvalue weighted by molar-refractivity contribution is -0.134. The predicted molar refractivity (Wildman–Crippen MR) is 82.9 cm³/mol. The maximum atomic E-state index is 12.0. The van der Waals surface area contributed by atoms with E-state index >= 15 is 0 Å². The summed E-state index contributed by atoms with van der Waals surface area (Å²) in [6.45, 7) is 1.68. The van der Waals surface area contributed by atoms with Crippen LogP contribution in [0, 0.1) is 0 Å². The lowest BCUT2D eigenvalue weighted by atomic mass is 10.1. The summed E-state index contributed by atoms with van der Waals surface area (Å²) in [5.74, 6) is 0.673. The number of hydrogen-bond donors (Lipinski definition) is 1. The molecule has 20 heavy (non-hydrogen) atoms. The molecule has 0 aliphatic carbocycles. The molecule has 1 aromatic heterocycles. The third kappa shape index (κ3) is 5.53. The molecule has 1 fully saturated rings. The van der Waals surface area contributed by atoms with E-state index in [1.165, 1.54) is 0 Å². The summed E-state index contributed by atoms with van der Waals surface area (Å²) in [6.07, 6.45) is 5.46. The van der Waals surface area contributed by atoms with Crippen molar-refractivity contribution in [3.63, 3.8) is 0 Å². The Morgan fingerprint density at radius 1 is 1.55 bits per heavy atom. The van der Waals surface area contributed by atoms with Crippen LogP contribution in [0.3, 0.4) is 0 Å². The van der Waals surface area contributed by atoms with Crippen molar-refractivity contribution in [2.24, 2.45) is 0 Å². The number of piperidine rings is 1. The number of pyridine rings is 1. The van der Waals surface area contributed by atoms with Gasteiger partial charge in [-0.25, -0.2) is 0 Å². The van der Waals surface area contributed by atoms with Gasteiger partial charge in [0.25, 0.3) is 5.91 Å². The number of nitrogens with zero attached hydrogens (tertiary/aromatic N) is 2. The summed E-state index contributed by atoms with van der Waals surface area (Å²) in [4.78, 5) is 17.8. The first-order chi connectivity index (χ1) is 8.79. The Balaban J connectivity index is 0.00000180. The van der Waals surface area contributed by atoms with Gasteiger partial charge in [0.2, 0.25) is 0 Å². The number of likely N-dealkylation sites (tertiary alicyclic amines) is 1. The van der Waals surface area contributed by atoms with Crippen molar-refractivity contribution in [2.45, 2.75) is 18.9 Å². The van der Waals surface area contributed by atoms with E-state index in [0.29, 0.717) is 11.8 Å². The molecule has 0 radical (unpaired) electrons. The lowest BCUT2D eigenvalue weighted by Crippen LogP contribution is -2.48. The fraction of sp³-hybridized carbons (Fsp3) is 0.538. The second-order valence-corrected chi connectivity index (χ2v) is 4.44. The number of aromatic nitrogens is 1. The summed E-state index contributed by atoms with van der Waals surface area (Å²) >= 11 is 0. The van der Waals surface area contributed by atoms with Crippen LogP contribution >= 0.6 is 24.8 Å². The fourth-order valence-corrected chi connectivity index (χ4v) is 2.11. The molecule has 1 atom stereocenters. The molecule has 1 N–H and O–H groups in total. The molecule has 2 rings (SSSR count). The zero-order valence-corrected chi connectivity index (χ0v) is 13.1. The van der Waals surface area contributed by atoms with E-state index in [1.54, 1.807) is 24.5 Å². The molecule has 0 saturated carbocycles. The molecule has 7 heteroatoms. The SMILES string of the molecule is CNC1CCCN(C(=O)COc2cccnc2)C1.Cl.Cl. The number of halogens is 2. The van der Waals surface area contributed by atoms with Crippen molar-refractivity contribution in [1.82, 2.24) is 15.2 Å².